The summed E-state index contributed by atoms with van der Waals surface area (Å²) in [6.45, 7) is 20.7. The first-order valence-corrected chi connectivity index (χ1v) is 9.42. The summed E-state index contributed by atoms with van der Waals surface area (Å²) in [5, 5.41) is 3.18. The van der Waals surface area contributed by atoms with Crippen molar-refractivity contribution in [2.75, 3.05) is 6.61 Å². The first kappa shape index (κ1) is 24.1. The normalized spacial score (nSPS) is 13.7. The summed E-state index contributed by atoms with van der Waals surface area (Å²) in [5.41, 5.74) is -0.952. The van der Waals surface area contributed by atoms with E-state index in [1.54, 1.807) is 6.92 Å². The molecule has 0 radical (unpaired) electrons. The Morgan fingerprint density at radius 3 is 1.84 bits per heavy atom. The molecule has 1 amide bonds. The van der Waals surface area contributed by atoms with Crippen LogP contribution in [0.4, 0.5) is 0 Å². The van der Waals surface area contributed by atoms with Crippen molar-refractivity contribution in [1.29, 1.82) is 0 Å². The van der Waals surface area contributed by atoms with Gasteiger partial charge in [-0.15, -0.1) is 0 Å². The van der Waals surface area contributed by atoms with Crippen LogP contribution in [0.25, 0.3) is 0 Å². The molecule has 0 aromatic rings. The Morgan fingerprint density at radius 2 is 1.40 bits per heavy atom. The van der Waals surface area contributed by atoms with Crippen LogP contribution in [0.1, 0.15) is 94.9 Å². The minimum absolute atomic E-state index is 0.0864. The van der Waals surface area contributed by atoms with Gasteiger partial charge < -0.3 is 14.8 Å². The molecule has 0 saturated carbocycles. The minimum atomic E-state index is -0.406. The number of carbonyl (C=O) groups is 2. The summed E-state index contributed by atoms with van der Waals surface area (Å²) in [6.07, 6.45) is 2.81. The van der Waals surface area contributed by atoms with Gasteiger partial charge in [0.25, 0.3) is 0 Å². The number of carbonyl (C=O) groups excluding carboxylic acids is 2. The number of hydrogen-bond donors (Lipinski definition) is 1. The maximum absolute atomic E-state index is 12.7. The SMILES string of the molecule is CC(=O)CCC(C)(C)OCCC(C)(C)NC(=O)C(C)(C)CC(C)(C)C. The Labute approximate surface area is 155 Å². The summed E-state index contributed by atoms with van der Waals surface area (Å²) >= 11 is 0. The van der Waals surface area contributed by atoms with E-state index in [0.717, 1.165) is 12.8 Å². The van der Waals surface area contributed by atoms with E-state index in [0.29, 0.717) is 19.4 Å². The van der Waals surface area contributed by atoms with Gasteiger partial charge in [-0.2, -0.15) is 0 Å². The van der Waals surface area contributed by atoms with Gasteiger partial charge in [-0.25, -0.2) is 0 Å². The molecule has 0 heterocycles. The molecule has 25 heavy (non-hydrogen) atoms. The molecule has 0 atom stereocenters. The molecule has 0 fully saturated rings. The quantitative estimate of drug-likeness (QED) is 0.606. The summed E-state index contributed by atoms with van der Waals surface area (Å²) in [7, 11) is 0. The van der Waals surface area contributed by atoms with E-state index in [1.165, 1.54) is 0 Å². The fraction of sp³-hybridized carbons (Fsp3) is 0.905. The van der Waals surface area contributed by atoms with Crippen LogP contribution < -0.4 is 5.32 Å². The number of hydrogen-bond acceptors (Lipinski definition) is 3. The lowest BCUT2D eigenvalue weighted by Crippen LogP contribution is -2.50. The highest BCUT2D eigenvalue weighted by Gasteiger charge is 2.35. The Hall–Kier alpha value is -0.900. The number of Topliss-reactive ketones (excluding diaryl/α,β-unsaturated/α-hetero) is 1. The summed E-state index contributed by atoms with van der Waals surface area (Å²) in [6, 6.07) is 0. The smallest absolute Gasteiger partial charge is 0.226 e. The number of ether oxygens (including phenoxy) is 1. The molecule has 0 aliphatic heterocycles. The van der Waals surface area contributed by atoms with Crippen molar-refractivity contribution in [2.45, 2.75) is 106 Å². The molecule has 148 valence electrons. The van der Waals surface area contributed by atoms with E-state index in [4.69, 9.17) is 4.74 Å². The first-order chi connectivity index (χ1) is 11.0. The van der Waals surface area contributed by atoms with E-state index in [-0.39, 0.29) is 28.2 Å². The Bertz CT molecular complexity index is 456. The number of amides is 1. The number of nitrogens with one attached hydrogen (secondary N) is 1. The third-order valence-electron chi connectivity index (χ3n) is 4.34. The van der Waals surface area contributed by atoms with Gasteiger partial charge in [0.15, 0.2) is 0 Å². The van der Waals surface area contributed by atoms with Crippen LogP contribution in [-0.4, -0.2) is 29.4 Å². The van der Waals surface area contributed by atoms with Crippen LogP contribution in [0.3, 0.4) is 0 Å². The number of ketones is 1. The molecule has 0 aliphatic rings. The molecular formula is C21H41NO3. The maximum atomic E-state index is 12.7. The molecule has 0 spiro atoms. The zero-order valence-electron chi connectivity index (χ0n) is 18.3. The molecule has 1 N–H and O–H groups in total. The fourth-order valence-electron chi connectivity index (χ4n) is 3.08. The van der Waals surface area contributed by atoms with Gasteiger partial charge >= 0.3 is 0 Å². The van der Waals surface area contributed by atoms with E-state index < -0.39 is 5.41 Å². The zero-order chi connectivity index (χ0) is 20.1. The average molecular weight is 356 g/mol. The molecule has 0 aromatic carbocycles. The maximum Gasteiger partial charge on any atom is 0.226 e. The lowest BCUT2D eigenvalue weighted by atomic mass is 9.75. The van der Waals surface area contributed by atoms with Gasteiger partial charge in [-0.3, -0.25) is 4.79 Å². The van der Waals surface area contributed by atoms with Crippen molar-refractivity contribution in [3.63, 3.8) is 0 Å². The van der Waals surface area contributed by atoms with E-state index in [1.807, 2.05) is 41.5 Å². The van der Waals surface area contributed by atoms with Gasteiger partial charge in [0.2, 0.25) is 5.91 Å². The second-order valence-corrected chi connectivity index (χ2v) is 10.5. The van der Waals surface area contributed by atoms with Gasteiger partial charge in [0.05, 0.1) is 5.60 Å². The average Bonchev–Trinajstić information content (AvgIpc) is 2.32. The second kappa shape index (κ2) is 8.66. The minimum Gasteiger partial charge on any atom is -0.375 e. The third kappa shape index (κ3) is 11.4. The number of rotatable bonds is 10. The van der Waals surface area contributed by atoms with Crippen LogP contribution in [0.5, 0.6) is 0 Å². The molecule has 0 saturated heterocycles. The van der Waals surface area contributed by atoms with Gasteiger partial charge in [0.1, 0.15) is 5.78 Å². The highest BCUT2D eigenvalue weighted by atomic mass is 16.5. The van der Waals surface area contributed by atoms with Crippen LogP contribution >= 0.6 is 0 Å². The standard InChI is InChI=1S/C21H41NO3/c1-16(23)11-12-21(9,10)25-14-13-20(7,8)22-17(24)19(5,6)15-18(2,3)4/h11-15H2,1-10H3,(H,22,24). The lowest BCUT2D eigenvalue weighted by molar-refractivity contribution is -0.133. The molecule has 0 unspecified atom stereocenters. The second-order valence-electron chi connectivity index (χ2n) is 10.5. The Kier molecular flexibility index (Phi) is 8.35. The topological polar surface area (TPSA) is 55.4 Å². The van der Waals surface area contributed by atoms with Crippen LogP contribution in [0.2, 0.25) is 0 Å². The van der Waals surface area contributed by atoms with Crippen molar-refractivity contribution in [3.05, 3.63) is 0 Å². The van der Waals surface area contributed by atoms with Crippen molar-refractivity contribution >= 4 is 11.7 Å². The van der Waals surface area contributed by atoms with E-state index in [2.05, 4.69) is 26.1 Å². The molecule has 4 heteroatoms. The third-order valence-corrected chi connectivity index (χ3v) is 4.34. The van der Waals surface area contributed by atoms with Gasteiger partial charge in [-0.05, 0) is 59.3 Å². The first-order valence-electron chi connectivity index (χ1n) is 9.42. The Morgan fingerprint density at radius 1 is 0.880 bits per heavy atom. The largest absolute Gasteiger partial charge is 0.375 e. The Balaban J connectivity index is 4.54. The van der Waals surface area contributed by atoms with Gasteiger partial charge in [-0.1, -0.05) is 34.6 Å². The van der Waals surface area contributed by atoms with Crippen molar-refractivity contribution in [2.24, 2.45) is 10.8 Å². The molecule has 0 aromatic heterocycles. The highest BCUT2D eigenvalue weighted by Crippen LogP contribution is 2.33. The molecule has 0 rings (SSSR count). The van der Waals surface area contributed by atoms with Crippen molar-refractivity contribution in [1.82, 2.24) is 5.32 Å². The fourth-order valence-corrected chi connectivity index (χ4v) is 3.08. The molecule has 0 aliphatic carbocycles. The van der Waals surface area contributed by atoms with Crippen molar-refractivity contribution in [3.8, 4) is 0 Å². The van der Waals surface area contributed by atoms with Crippen molar-refractivity contribution < 1.29 is 14.3 Å². The van der Waals surface area contributed by atoms with Crippen LogP contribution in [0, 0.1) is 10.8 Å². The summed E-state index contributed by atoms with van der Waals surface area (Å²) < 4.78 is 5.96. The lowest BCUT2D eigenvalue weighted by Gasteiger charge is -2.36. The van der Waals surface area contributed by atoms with Gasteiger partial charge in [0, 0.05) is 24.0 Å². The monoisotopic (exact) mass is 355 g/mol. The molecule has 0 bridgehead atoms. The zero-order valence-corrected chi connectivity index (χ0v) is 18.3. The predicted molar refractivity (Wildman–Crippen MR) is 105 cm³/mol. The van der Waals surface area contributed by atoms with E-state index in [9.17, 15) is 9.59 Å². The summed E-state index contributed by atoms with van der Waals surface area (Å²) in [5.74, 6) is 0.272. The summed E-state index contributed by atoms with van der Waals surface area (Å²) in [4.78, 5) is 23.8. The predicted octanol–water partition coefficient (Wildman–Crippen LogP) is 4.90. The van der Waals surface area contributed by atoms with E-state index >= 15 is 0 Å². The molecule has 4 nitrogen and oxygen atoms in total. The highest BCUT2D eigenvalue weighted by molar-refractivity contribution is 5.82. The van der Waals surface area contributed by atoms with Crippen LogP contribution in [0.15, 0.2) is 0 Å². The molecular weight excluding hydrogens is 314 g/mol. The van der Waals surface area contributed by atoms with Crippen LogP contribution in [-0.2, 0) is 14.3 Å².